The minimum Gasteiger partial charge on any atom is -0.385 e. The Balaban J connectivity index is 3.42. The molecular formula is C9H18F3NO3. The number of halogens is 3. The van der Waals surface area contributed by atoms with Gasteiger partial charge in [0.25, 0.3) is 0 Å². The average Bonchev–Trinajstić information content (AvgIpc) is 2.20. The van der Waals surface area contributed by atoms with Crippen molar-refractivity contribution in [3.05, 3.63) is 0 Å². The van der Waals surface area contributed by atoms with Crippen LogP contribution in [0.5, 0.6) is 0 Å². The van der Waals surface area contributed by atoms with Gasteiger partial charge in [-0.1, -0.05) is 0 Å². The smallest absolute Gasteiger partial charge is 0.385 e. The molecule has 0 aromatic heterocycles. The van der Waals surface area contributed by atoms with E-state index < -0.39 is 18.8 Å². The van der Waals surface area contributed by atoms with Crippen LogP contribution in [-0.2, 0) is 14.2 Å². The number of ether oxygens (including phenoxy) is 3. The van der Waals surface area contributed by atoms with Crippen molar-refractivity contribution in [1.82, 2.24) is 0 Å². The predicted octanol–water partition coefficient (Wildman–Crippen LogP) is 0.946. The molecule has 1 atom stereocenters. The van der Waals surface area contributed by atoms with Crippen LogP contribution in [0.25, 0.3) is 0 Å². The van der Waals surface area contributed by atoms with Crippen LogP contribution >= 0.6 is 0 Å². The van der Waals surface area contributed by atoms with E-state index in [0.29, 0.717) is 19.6 Å². The lowest BCUT2D eigenvalue weighted by molar-refractivity contribution is -0.219. The van der Waals surface area contributed by atoms with E-state index in [0.717, 1.165) is 0 Å². The van der Waals surface area contributed by atoms with Gasteiger partial charge in [-0.05, 0) is 6.42 Å². The SMILES string of the molecule is COCCCOCCOC(CN)C(F)(F)F. The van der Waals surface area contributed by atoms with Gasteiger partial charge in [-0.2, -0.15) is 13.2 Å². The van der Waals surface area contributed by atoms with Gasteiger partial charge >= 0.3 is 6.18 Å². The number of nitrogens with two attached hydrogens (primary N) is 1. The maximum atomic E-state index is 12.1. The minimum atomic E-state index is -4.41. The van der Waals surface area contributed by atoms with Crippen LogP contribution in [0.3, 0.4) is 0 Å². The topological polar surface area (TPSA) is 53.7 Å². The molecule has 0 aromatic carbocycles. The highest BCUT2D eigenvalue weighted by Gasteiger charge is 2.39. The summed E-state index contributed by atoms with van der Waals surface area (Å²) in [4.78, 5) is 0. The average molecular weight is 245 g/mol. The molecule has 0 aliphatic carbocycles. The molecule has 0 amide bonds. The highest BCUT2D eigenvalue weighted by atomic mass is 19.4. The highest BCUT2D eigenvalue weighted by Crippen LogP contribution is 2.21. The van der Waals surface area contributed by atoms with E-state index in [1.54, 1.807) is 7.11 Å². The molecule has 0 saturated carbocycles. The van der Waals surface area contributed by atoms with E-state index in [9.17, 15) is 13.2 Å². The summed E-state index contributed by atoms with van der Waals surface area (Å²) in [6, 6.07) is 0. The zero-order chi connectivity index (χ0) is 12.4. The Morgan fingerprint density at radius 2 is 1.81 bits per heavy atom. The van der Waals surface area contributed by atoms with Gasteiger partial charge in [-0.15, -0.1) is 0 Å². The van der Waals surface area contributed by atoms with Crippen molar-refractivity contribution >= 4 is 0 Å². The number of hydrogen-bond acceptors (Lipinski definition) is 4. The van der Waals surface area contributed by atoms with Gasteiger partial charge in [0.15, 0.2) is 6.10 Å². The van der Waals surface area contributed by atoms with Gasteiger partial charge in [0, 0.05) is 26.9 Å². The Labute approximate surface area is 92.8 Å². The maximum Gasteiger partial charge on any atom is 0.415 e. The fraction of sp³-hybridized carbons (Fsp3) is 1.00. The van der Waals surface area contributed by atoms with E-state index in [4.69, 9.17) is 15.2 Å². The standard InChI is InChI=1S/C9H18F3NO3/c1-14-3-2-4-15-5-6-16-8(7-13)9(10,11)12/h8H,2-7,13H2,1H3. The van der Waals surface area contributed by atoms with Crippen LogP contribution in [0.2, 0.25) is 0 Å². The van der Waals surface area contributed by atoms with Crippen molar-refractivity contribution in [2.45, 2.75) is 18.7 Å². The highest BCUT2D eigenvalue weighted by molar-refractivity contribution is 4.67. The minimum absolute atomic E-state index is 0.117. The Morgan fingerprint density at radius 3 is 2.31 bits per heavy atom. The van der Waals surface area contributed by atoms with E-state index >= 15 is 0 Å². The van der Waals surface area contributed by atoms with Crippen LogP contribution in [0.1, 0.15) is 6.42 Å². The summed E-state index contributed by atoms with van der Waals surface area (Å²) in [5.41, 5.74) is 4.94. The lowest BCUT2D eigenvalue weighted by Gasteiger charge is -2.18. The van der Waals surface area contributed by atoms with Crippen LogP contribution in [0.4, 0.5) is 13.2 Å². The first-order valence-electron chi connectivity index (χ1n) is 4.97. The zero-order valence-corrected chi connectivity index (χ0v) is 9.26. The largest absolute Gasteiger partial charge is 0.415 e. The fourth-order valence-electron chi connectivity index (χ4n) is 0.953. The van der Waals surface area contributed by atoms with E-state index in [1.807, 2.05) is 0 Å². The molecule has 16 heavy (non-hydrogen) atoms. The molecule has 98 valence electrons. The summed E-state index contributed by atoms with van der Waals surface area (Å²) in [6.07, 6.45) is -5.61. The van der Waals surface area contributed by atoms with Crippen molar-refractivity contribution in [3.63, 3.8) is 0 Å². The third-order valence-corrected chi connectivity index (χ3v) is 1.76. The van der Waals surface area contributed by atoms with Crippen molar-refractivity contribution < 1.29 is 27.4 Å². The second-order valence-corrected chi connectivity index (χ2v) is 3.10. The molecule has 0 bridgehead atoms. The first-order valence-corrected chi connectivity index (χ1v) is 4.97. The van der Waals surface area contributed by atoms with Gasteiger partial charge in [0.2, 0.25) is 0 Å². The molecule has 0 fully saturated rings. The Kier molecular flexibility index (Phi) is 8.54. The summed E-state index contributed by atoms with van der Waals surface area (Å²) >= 11 is 0. The molecule has 7 heteroatoms. The molecule has 0 aliphatic rings. The zero-order valence-electron chi connectivity index (χ0n) is 9.26. The monoisotopic (exact) mass is 245 g/mol. The molecule has 0 radical (unpaired) electrons. The normalized spacial score (nSPS) is 14.1. The molecule has 0 heterocycles. The second-order valence-electron chi connectivity index (χ2n) is 3.10. The maximum absolute atomic E-state index is 12.1. The third kappa shape index (κ3) is 7.86. The number of methoxy groups -OCH3 is 1. The molecule has 1 unspecified atom stereocenters. The second kappa shape index (κ2) is 8.74. The van der Waals surface area contributed by atoms with Gasteiger partial charge < -0.3 is 19.9 Å². The van der Waals surface area contributed by atoms with Crippen molar-refractivity contribution in [2.75, 3.05) is 40.1 Å². The van der Waals surface area contributed by atoms with Gasteiger partial charge in [-0.25, -0.2) is 0 Å². The Morgan fingerprint density at radius 1 is 1.12 bits per heavy atom. The van der Waals surface area contributed by atoms with Gasteiger partial charge in [0.1, 0.15) is 0 Å². The summed E-state index contributed by atoms with van der Waals surface area (Å²) in [5, 5.41) is 0. The van der Waals surface area contributed by atoms with Gasteiger partial charge in [-0.3, -0.25) is 0 Å². The molecule has 0 spiro atoms. The lowest BCUT2D eigenvalue weighted by Crippen LogP contribution is -2.39. The summed E-state index contributed by atoms with van der Waals surface area (Å²) in [5.74, 6) is 0. The summed E-state index contributed by atoms with van der Waals surface area (Å²) in [6.45, 7) is 0.434. The predicted molar refractivity (Wildman–Crippen MR) is 52.2 cm³/mol. The van der Waals surface area contributed by atoms with Gasteiger partial charge in [0.05, 0.1) is 13.2 Å². The third-order valence-electron chi connectivity index (χ3n) is 1.76. The Hall–Kier alpha value is -0.370. The first-order chi connectivity index (χ1) is 7.52. The number of hydrogen-bond donors (Lipinski definition) is 1. The molecular weight excluding hydrogens is 227 g/mol. The van der Waals surface area contributed by atoms with Crippen LogP contribution < -0.4 is 5.73 Å². The summed E-state index contributed by atoms with van der Waals surface area (Å²) in [7, 11) is 1.57. The Bertz CT molecular complexity index is 167. The first kappa shape index (κ1) is 15.6. The van der Waals surface area contributed by atoms with Crippen molar-refractivity contribution in [3.8, 4) is 0 Å². The number of rotatable bonds is 9. The molecule has 0 aliphatic heterocycles. The van der Waals surface area contributed by atoms with Crippen LogP contribution in [0, 0.1) is 0 Å². The van der Waals surface area contributed by atoms with Crippen LogP contribution in [-0.4, -0.2) is 52.4 Å². The van der Waals surface area contributed by atoms with E-state index in [2.05, 4.69) is 4.74 Å². The molecule has 4 nitrogen and oxygen atoms in total. The molecule has 2 N–H and O–H groups in total. The molecule has 0 rings (SSSR count). The van der Waals surface area contributed by atoms with Crippen molar-refractivity contribution in [2.24, 2.45) is 5.73 Å². The number of alkyl halides is 3. The lowest BCUT2D eigenvalue weighted by atomic mass is 10.3. The van der Waals surface area contributed by atoms with E-state index in [1.165, 1.54) is 0 Å². The quantitative estimate of drug-likeness (QED) is 0.614. The molecule has 0 saturated heterocycles. The fourth-order valence-corrected chi connectivity index (χ4v) is 0.953. The van der Waals surface area contributed by atoms with E-state index in [-0.39, 0.29) is 13.2 Å². The molecule has 0 aromatic rings. The van der Waals surface area contributed by atoms with Crippen LogP contribution in [0.15, 0.2) is 0 Å². The van der Waals surface area contributed by atoms with Crippen molar-refractivity contribution in [1.29, 1.82) is 0 Å². The summed E-state index contributed by atoms with van der Waals surface area (Å²) < 4.78 is 50.8.